The summed E-state index contributed by atoms with van der Waals surface area (Å²) in [6.45, 7) is 0.818. The van der Waals surface area contributed by atoms with Crippen LogP contribution >= 0.6 is 0 Å². The zero-order valence-corrected chi connectivity index (χ0v) is 17.4. The van der Waals surface area contributed by atoms with Crippen LogP contribution in [0.4, 0.5) is 0 Å². The molecule has 1 heterocycles. The molecule has 160 valence electrons. The Labute approximate surface area is 171 Å². The normalized spacial score (nSPS) is 20.2. The molecule has 8 nitrogen and oxygen atoms in total. The van der Waals surface area contributed by atoms with E-state index in [1.807, 2.05) is 24.3 Å². The van der Waals surface area contributed by atoms with Gasteiger partial charge in [0.25, 0.3) is 0 Å². The van der Waals surface area contributed by atoms with E-state index >= 15 is 0 Å². The lowest BCUT2D eigenvalue weighted by atomic mass is 9.96. The Bertz CT molecular complexity index is 692. The maximum atomic E-state index is 12.7. The molecule has 1 fully saturated rings. The third-order valence-electron chi connectivity index (χ3n) is 5.08. The van der Waals surface area contributed by atoms with Gasteiger partial charge in [-0.15, -0.1) is 0 Å². The Morgan fingerprint density at radius 1 is 1.17 bits per heavy atom. The predicted molar refractivity (Wildman–Crippen MR) is 108 cm³/mol. The van der Waals surface area contributed by atoms with Crippen LogP contribution in [0.1, 0.15) is 31.2 Å². The van der Waals surface area contributed by atoms with Crippen molar-refractivity contribution in [2.24, 2.45) is 5.92 Å². The Kier molecular flexibility index (Phi) is 8.92. The van der Waals surface area contributed by atoms with E-state index in [9.17, 15) is 14.4 Å². The first-order valence-corrected chi connectivity index (χ1v) is 9.85. The third kappa shape index (κ3) is 7.38. The average molecular weight is 405 g/mol. The van der Waals surface area contributed by atoms with Crippen LogP contribution in [0.5, 0.6) is 5.75 Å². The third-order valence-corrected chi connectivity index (χ3v) is 5.08. The van der Waals surface area contributed by atoms with Crippen LogP contribution in [-0.2, 0) is 25.7 Å². The fourth-order valence-electron chi connectivity index (χ4n) is 3.42. The minimum atomic E-state index is -0.378. The largest absolute Gasteiger partial charge is 0.497 e. The van der Waals surface area contributed by atoms with E-state index in [-0.39, 0.29) is 42.7 Å². The summed E-state index contributed by atoms with van der Waals surface area (Å²) in [5.41, 5.74) is 0.964. The summed E-state index contributed by atoms with van der Waals surface area (Å²) in [7, 11) is 4.78. The molecule has 2 rings (SSSR count). The first-order chi connectivity index (χ1) is 13.9. The number of carbonyl (C=O) groups is 3. The second kappa shape index (κ2) is 11.4. The van der Waals surface area contributed by atoms with Crippen molar-refractivity contribution in [3.63, 3.8) is 0 Å². The van der Waals surface area contributed by atoms with Gasteiger partial charge in [-0.05, 0) is 30.5 Å². The van der Waals surface area contributed by atoms with Gasteiger partial charge in [-0.25, -0.2) is 0 Å². The van der Waals surface area contributed by atoms with Crippen LogP contribution in [0.2, 0.25) is 0 Å². The molecule has 2 atom stereocenters. The lowest BCUT2D eigenvalue weighted by Crippen LogP contribution is -2.45. The van der Waals surface area contributed by atoms with Crippen molar-refractivity contribution in [1.29, 1.82) is 0 Å². The summed E-state index contributed by atoms with van der Waals surface area (Å²) in [5, 5.41) is 5.83. The molecule has 0 aromatic heterocycles. The molecule has 0 bridgehead atoms. The minimum Gasteiger partial charge on any atom is -0.497 e. The quantitative estimate of drug-likeness (QED) is 0.708. The molecule has 1 saturated heterocycles. The fraction of sp³-hybridized carbons (Fsp3) is 0.571. The molecule has 0 unspecified atom stereocenters. The zero-order valence-electron chi connectivity index (χ0n) is 17.4. The van der Waals surface area contributed by atoms with Crippen molar-refractivity contribution >= 4 is 17.7 Å². The van der Waals surface area contributed by atoms with E-state index in [1.165, 1.54) is 7.11 Å². The molecule has 0 spiro atoms. The highest BCUT2D eigenvalue weighted by molar-refractivity contribution is 5.86. The first kappa shape index (κ1) is 22.7. The van der Waals surface area contributed by atoms with E-state index in [2.05, 4.69) is 10.6 Å². The molecule has 1 aliphatic heterocycles. The van der Waals surface area contributed by atoms with E-state index in [0.29, 0.717) is 25.9 Å². The summed E-state index contributed by atoms with van der Waals surface area (Å²) in [6, 6.07) is 7.34. The maximum Gasteiger partial charge on any atom is 0.246 e. The van der Waals surface area contributed by atoms with E-state index in [0.717, 1.165) is 17.7 Å². The standard InChI is InChI=1S/C21H31N3O5/c1-24-13-17(23-19(25)14-28-2)6-4-5-16(11-20(24)26)21(27)22-12-15-7-9-18(29-3)10-8-15/h7-10,16-17H,4-6,11-14H2,1-3H3,(H,22,27)(H,23,25)/t16-,17-/m1/s1. The maximum absolute atomic E-state index is 12.7. The van der Waals surface area contributed by atoms with Gasteiger partial charge < -0.3 is 25.0 Å². The van der Waals surface area contributed by atoms with Gasteiger partial charge in [0.15, 0.2) is 0 Å². The van der Waals surface area contributed by atoms with Crippen molar-refractivity contribution in [3.8, 4) is 5.75 Å². The van der Waals surface area contributed by atoms with Crippen molar-refractivity contribution in [2.45, 2.75) is 38.3 Å². The number of nitrogens with zero attached hydrogens (tertiary/aromatic N) is 1. The second-order valence-electron chi connectivity index (χ2n) is 7.37. The van der Waals surface area contributed by atoms with E-state index in [1.54, 1.807) is 19.1 Å². The van der Waals surface area contributed by atoms with Crippen LogP contribution in [-0.4, -0.2) is 63.1 Å². The molecule has 0 saturated carbocycles. The zero-order chi connectivity index (χ0) is 21.2. The van der Waals surface area contributed by atoms with Crippen molar-refractivity contribution in [1.82, 2.24) is 15.5 Å². The number of carbonyl (C=O) groups excluding carboxylic acids is 3. The lowest BCUT2D eigenvalue weighted by molar-refractivity contribution is -0.135. The molecule has 1 aromatic carbocycles. The summed E-state index contributed by atoms with van der Waals surface area (Å²) < 4.78 is 9.98. The number of nitrogens with one attached hydrogen (secondary N) is 2. The van der Waals surface area contributed by atoms with Crippen LogP contribution in [0, 0.1) is 5.92 Å². The fourth-order valence-corrected chi connectivity index (χ4v) is 3.42. The highest BCUT2D eigenvalue weighted by Gasteiger charge is 2.27. The molecular formula is C21H31N3O5. The van der Waals surface area contributed by atoms with E-state index in [4.69, 9.17) is 9.47 Å². The number of likely N-dealkylation sites (N-methyl/N-ethyl adjacent to an activating group) is 1. The van der Waals surface area contributed by atoms with Crippen molar-refractivity contribution in [2.75, 3.05) is 34.4 Å². The summed E-state index contributed by atoms with van der Waals surface area (Å²) >= 11 is 0. The van der Waals surface area contributed by atoms with Gasteiger partial charge in [-0.2, -0.15) is 0 Å². The van der Waals surface area contributed by atoms with Crippen LogP contribution in [0.25, 0.3) is 0 Å². The summed E-state index contributed by atoms with van der Waals surface area (Å²) in [5.74, 6) is -0.0351. The van der Waals surface area contributed by atoms with Gasteiger partial charge in [-0.1, -0.05) is 18.6 Å². The van der Waals surface area contributed by atoms with Gasteiger partial charge in [0, 0.05) is 45.6 Å². The number of amides is 3. The van der Waals surface area contributed by atoms with Crippen molar-refractivity contribution in [3.05, 3.63) is 29.8 Å². The van der Waals surface area contributed by atoms with Gasteiger partial charge >= 0.3 is 0 Å². The lowest BCUT2D eigenvalue weighted by Gasteiger charge is -2.24. The monoisotopic (exact) mass is 405 g/mol. The molecule has 2 N–H and O–H groups in total. The number of methoxy groups -OCH3 is 2. The average Bonchev–Trinajstić information content (AvgIpc) is 2.77. The Hall–Kier alpha value is -2.61. The van der Waals surface area contributed by atoms with Crippen molar-refractivity contribution < 1.29 is 23.9 Å². The van der Waals surface area contributed by atoms with Gasteiger partial charge in [-0.3, -0.25) is 14.4 Å². The topological polar surface area (TPSA) is 97.0 Å². The number of hydrogen-bond acceptors (Lipinski definition) is 5. The van der Waals surface area contributed by atoms with Crippen LogP contribution < -0.4 is 15.4 Å². The highest BCUT2D eigenvalue weighted by atomic mass is 16.5. The van der Waals surface area contributed by atoms with E-state index < -0.39 is 0 Å². The summed E-state index contributed by atoms with van der Waals surface area (Å²) in [4.78, 5) is 38.6. The van der Waals surface area contributed by atoms with Crippen LogP contribution in [0.15, 0.2) is 24.3 Å². The molecule has 3 amide bonds. The number of hydrogen-bond donors (Lipinski definition) is 2. The SMILES string of the molecule is COCC(=O)N[C@@H]1CCC[C@@H](C(=O)NCc2ccc(OC)cc2)CC(=O)N(C)C1. The molecule has 1 aliphatic rings. The Balaban J connectivity index is 1.92. The smallest absolute Gasteiger partial charge is 0.246 e. The van der Waals surface area contributed by atoms with Crippen LogP contribution in [0.3, 0.4) is 0 Å². The number of ether oxygens (including phenoxy) is 2. The van der Waals surface area contributed by atoms with Gasteiger partial charge in [0.2, 0.25) is 17.7 Å². The Morgan fingerprint density at radius 2 is 1.90 bits per heavy atom. The molecule has 8 heteroatoms. The molecular weight excluding hydrogens is 374 g/mol. The number of rotatable bonds is 7. The molecule has 0 aliphatic carbocycles. The Morgan fingerprint density at radius 3 is 2.55 bits per heavy atom. The minimum absolute atomic E-state index is 0.00937. The second-order valence-corrected chi connectivity index (χ2v) is 7.37. The highest BCUT2D eigenvalue weighted by Crippen LogP contribution is 2.19. The first-order valence-electron chi connectivity index (χ1n) is 9.85. The molecule has 29 heavy (non-hydrogen) atoms. The molecule has 1 aromatic rings. The van der Waals surface area contributed by atoms with Gasteiger partial charge in [0.05, 0.1) is 7.11 Å². The number of benzene rings is 1. The van der Waals surface area contributed by atoms with Gasteiger partial charge in [0.1, 0.15) is 12.4 Å². The predicted octanol–water partition coefficient (Wildman–Crippen LogP) is 1.09. The summed E-state index contributed by atoms with van der Waals surface area (Å²) in [6.07, 6.45) is 2.23. The molecule has 0 radical (unpaired) electrons.